The van der Waals surface area contributed by atoms with E-state index < -0.39 is 10.0 Å². The third kappa shape index (κ3) is 5.72. The van der Waals surface area contributed by atoms with E-state index in [2.05, 4.69) is 11.8 Å². The van der Waals surface area contributed by atoms with Crippen LogP contribution in [0.4, 0.5) is 5.13 Å². The number of ether oxygens (including phenoxy) is 1. The van der Waals surface area contributed by atoms with E-state index in [1.54, 1.807) is 40.6 Å². The van der Waals surface area contributed by atoms with Crippen molar-refractivity contribution in [3.8, 4) is 5.75 Å². The molecule has 1 saturated heterocycles. The van der Waals surface area contributed by atoms with Crippen molar-refractivity contribution in [3.63, 3.8) is 0 Å². The lowest BCUT2D eigenvalue weighted by Gasteiger charge is -2.29. The highest BCUT2D eigenvalue weighted by molar-refractivity contribution is 7.89. The number of nitrogens with zero attached hydrogens (tertiary/aromatic N) is 4. The fourth-order valence-corrected chi connectivity index (χ4v) is 6.80. The Morgan fingerprint density at radius 3 is 2.44 bits per heavy atom. The SMILES string of the molecule is COc1cccc2sc(N(CCCN(C)C)C(=O)c3ccc(S(=O)(=O)N4CCC(C)CC4)cc3)nc12. The predicted octanol–water partition coefficient (Wildman–Crippen LogP) is 4.32. The molecule has 0 unspecified atom stereocenters. The predicted molar refractivity (Wildman–Crippen MR) is 145 cm³/mol. The zero-order chi connectivity index (χ0) is 25.9. The van der Waals surface area contributed by atoms with E-state index in [-0.39, 0.29) is 10.8 Å². The fourth-order valence-electron chi connectivity index (χ4n) is 4.32. The van der Waals surface area contributed by atoms with Crippen molar-refractivity contribution >= 4 is 42.6 Å². The monoisotopic (exact) mass is 530 g/mol. The number of carbonyl (C=O) groups is 1. The van der Waals surface area contributed by atoms with E-state index >= 15 is 0 Å². The smallest absolute Gasteiger partial charge is 0.260 e. The van der Waals surface area contributed by atoms with Gasteiger partial charge in [-0.2, -0.15) is 4.31 Å². The minimum atomic E-state index is -3.57. The second-order valence-electron chi connectivity index (χ2n) is 9.53. The number of aromatic nitrogens is 1. The van der Waals surface area contributed by atoms with E-state index in [1.807, 2.05) is 32.3 Å². The fraction of sp³-hybridized carbons (Fsp3) is 0.462. The van der Waals surface area contributed by atoms with Gasteiger partial charge in [-0.3, -0.25) is 9.69 Å². The second-order valence-corrected chi connectivity index (χ2v) is 12.5. The number of hydrogen-bond donors (Lipinski definition) is 0. The molecule has 3 aromatic rings. The molecule has 0 atom stereocenters. The molecule has 1 aliphatic rings. The van der Waals surface area contributed by atoms with Crippen molar-refractivity contribution in [1.82, 2.24) is 14.2 Å². The number of hydrogen-bond acceptors (Lipinski definition) is 7. The number of benzene rings is 2. The molecule has 0 saturated carbocycles. The average molecular weight is 531 g/mol. The quantitative estimate of drug-likeness (QED) is 0.410. The molecule has 194 valence electrons. The third-order valence-corrected chi connectivity index (χ3v) is 9.49. The van der Waals surface area contributed by atoms with Gasteiger partial charge in [-0.05, 0) is 82.2 Å². The van der Waals surface area contributed by atoms with Gasteiger partial charge in [0.2, 0.25) is 10.0 Å². The van der Waals surface area contributed by atoms with Gasteiger partial charge in [-0.25, -0.2) is 13.4 Å². The molecule has 0 bridgehead atoms. The number of methoxy groups -OCH3 is 1. The van der Waals surface area contributed by atoms with E-state index in [9.17, 15) is 13.2 Å². The largest absolute Gasteiger partial charge is 0.494 e. The lowest BCUT2D eigenvalue weighted by molar-refractivity contribution is 0.0986. The van der Waals surface area contributed by atoms with Crippen LogP contribution < -0.4 is 9.64 Å². The highest BCUT2D eigenvalue weighted by Crippen LogP contribution is 2.35. The number of rotatable bonds is 9. The van der Waals surface area contributed by atoms with Crippen molar-refractivity contribution in [3.05, 3.63) is 48.0 Å². The number of anilines is 1. The number of amides is 1. The first-order valence-electron chi connectivity index (χ1n) is 12.2. The summed E-state index contributed by atoms with van der Waals surface area (Å²) in [4.78, 5) is 22.4. The Balaban J connectivity index is 1.60. The Morgan fingerprint density at radius 2 is 1.81 bits per heavy atom. The Morgan fingerprint density at radius 1 is 1.11 bits per heavy atom. The molecule has 0 spiro atoms. The number of piperidine rings is 1. The van der Waals surface area contributed by atoms with E-state index in [1.165, 1.54) is 11.3 Å². The van der Waals surface area contributed by atoms with Gasteiger partial charge in [0.25, 0.3) is 5.91 Å². The molecule has 2 heterocycles. The number of thiazole rings is 1. The molecule has 8 nitrogen and oxygen atoms in total. The Hall–Kier alpha value is -2.53. The highest BCUT2D eigenvalue weighted by atomic mass is 32.2. The van der Waals surface area contributed by atoms with E-state index in [0.717, 1.165) is 36.0 Å². The van der Waals surface area contributed by atoms with Crippen LogP contribution in [0.5, 0.6) is 5.75 Å². The summed E-state index contributed by atoms with van der Waals surface area (Å²) in [6.07, 6.45) is 2.50. The summed E-state index contributed by atoms with van der Waals surface area (Å²) in [6.45, 7) is 4.53. The zero-order valence-corrected chi connectivity index (χ0v) is 22.9. The Bertz CT molecular complexity index is 1300. The van der Waals surface area contributed by atoms with Crippen molar-refractivity contribution < 1.29 is 17.9 Å². The maximum atomic E-state index is 13.6. The van der Waals surface area contributed by atoms with Crippen molar-refractivity contribution in [2.75, 3.05) is 52.3 Å². The summed E-state index contributed by atoms with van der Waals surface area (Å²) >= 11 is 1.44. The van der Waals surface area contributed by atoms with Crippen LogP contribution in [0.25, 0.3) is 10.2 Å². The normalized spacial score (nSPS) is 15.5. The Kier molecular flexibility index (Phi) is 8.29. The second kappa shape index (κ2) is 11.2. The lowest BCUT2D eigenvalue weighted by Crippen LogP contribution is -2.38. The first-order valence-corrected chi connectivity index (χ1v) is 14.5. The summed E-state index contributed by atoms with van der Waals surface area (Å²) in [7, 11) is 2.03. The van der Waals surface area contributed by atoms with Crippen LogP contribution in [-0.2, 0) is 10.0 Å². The van der Waals surface area contributed by atoms with E-state index in [0.29, 0.717) is 42.0 Å². The van der Waals surface area contributed by atoms with Crippen LogP contribution >= 0.6 is 11.3 Å². The van der Waals surface area contributed by atoms with Crippen LogP contribution in [-0.4, -0.2) is 75.9 Å². The third-order valence-electron chi connectivity index (χ3n) is 6.54. The van der Waals surface area contributed by atoms with Crippen LogP contribution in [0.1, 0.15) is 36.5 Å². The Labute approximate surface area is 217 Å². The van der Waals surface area contributed by atoms with Gasteiger partial charge < -0.3 is 9.64 Å². The van der Waals surface area contributed by atoms with Gasteiger partial charge in [0.1, 0.15) is 11.3 Å². The van der Waals surface area contributed by atoms with Gasteiger partial charge in [-0.15, -0.1) is 0 Å². The molecular formula is C26H34N4O4S2. The molecule has 1 amide bonds. The van der Waals surface area contributed by atoms with Crippen molar-refractivity contribution in [2.45, 2.75) is 31.1 Å². The summed E-state index contributed by atoms with van der Waals surface area (Å²) in [5.74, 6) is 0.997. The number of carbonyl (C=O) groups excluding carboxylic acids is 1. The molecule has 1 fully saturated rings. The minimum Gasteiger partial charge on any atom is -0.494 e. The molecule has 0 aliphatic carbocycles. The first-order chi connectivity index (χ1) is 17.2. The van der Waals surface area contributed by atoms with E-state index in [4.69, 9.17) is 9.72 Å². The topological polar surface area (TPSA) is 83.0 Å². The van der Waals surface area contributed by atoms with Crippen molar-refractivity contribution in [1.29, 1.82) is 0 Å². The molecule has 2 aromatic carbocycles. The first kappa shape index (κ1) is 26.5. The molecule has 4 rings (SSSR count). The zero-order valence-electron chi connectivity index (χ0n) is 21.3. The van der Waals surface area contributed by atoms with Gasteiger partial charge in [0.15, 0.2) is 5.13 Å². The summed E-state index contributed by atoms with van der Waals surface area (Å²) < 4.78 is 34.1. The summed E-state index contributed by atoms with van der Waals surface area (Å²) in [5, 5.41) is 0.595. The van der Waals surface area contributed by atoms with Crippen molar-refractivity contribution in [2.24, 2.45) is 5.92 Å². The summed E-state index contributed by atoms with van der Waals surface area (Å²) in [5.41, 5.74) is 1.15. The van der Waals surface area contributed by atoms with Crippen LogP contribution in [0.15, 0.2) is 47.4 Å². The number of sulfonamides is 1. The highest BCUT2D eigenvalue weighted by Gasteiger charge is 2.29. The standard InChI is InChI=1S/C26H34N4O4S2/c1-19-13-17-29(18-14-19)36(32,33)21-11-9-20(10-12-21)25(31)30(16-6-15-28(2)3)26-27-24-22(34-4)7-5-8-23(24)35-26/h5,7-12,19H,6,13-18H2,1-4H3. The molecule has 0 radical (unpaired) electrons. The maximum absolute atomic E-state index is 13.6. The lowest BCUT2D eigenvalue weighted by atomic mass is 10.0. The van der Waals surface area contributed by atoms with Gasteiger partial charge in [-0.1, -0.05) is 24.3 Å². The molecular weight excluding hydrogens is 496 g/mol. The average Bonchev–Trinajstić information content (AvgIpc) is 3.30. The summed E-state index contributed by atoms with van der Waals surface area (Å²) in [6, 6.07) is 12.0. The number of fused-ring (bicyclic) bond motifs is 1. The minimum absolute atomic E-state index is 0.206. The molecule has 1 aliphatic heterocycles. The maximum Gasteiger partial charge on any atom is 0.260 e. The van der Waals surface area contributed by atoms with Gasteiger partial charge in [0.05, 0.1) is 16.7 Å². The van der Waals surface area contributed by atoms with Crippen LogP contribution in [0, 0.1) is 5.92 Å². The van der Waals surface area contributed by atoms with Crippen LogP contribution in [0.2, 0.25) is 0 Å². The molecule has 1 aromatic heterocycles. The molecule has 10 heteroatoms. The number of para-hydroxylation sites is 1. The molecule has 36 heavy (non-hydrogen) atoms. The van der Waals surface area contributed by atoms with Gasteiger partial charge >= 0.3 is 0 Å². The van der Waals surface area contributed by atoms with Crippen LogP contribution in [0.3, 0.4) is 0 Å². The van der Waals surface area contributed by atoms with Gasteiger partial charge in [0, 0.05) is 25.2 Å². The molecule has 0 N–H and O–H groups in total.